The molecule has 0 aliphatic rings. The summed E-state index contributed by atoms with van der Waals surface area (Å²) in [4.78, 5) is 16.6. The number of amides is 1. The Labute approximate surface area is 138 Å². The van der Waals surface area contributed by atoms with Gasteiger partial charge in [0.05, 0.1) is 10.7 Å². The molecule has 23 heavy (non-hydrogen) atoms. The van der Waals surface area contributed by atoms with Crippen LogP contribution in [-0.4, -0.2) is 16.0 Å². The highest BCUT2D eigenvalue weighted by Gasteiger charge is 2.17. The van der Waals surface area contributed by atoms with Gasteiger partial charge in [-0.15, -0.1) is 11.3 Å². The van der Waals surface area contributed by atoms with Crippen molar-refractivity contribution in [3.63, 3.8) is 0 Å². The molecule has 3 aromatic rings. The normalized spacial score (nSPS) is 11.9. The second-order valence-corrected chi connectivity index (χ2v) is 6.20. The summed E-state index contributed by atoms with van der Waals surface area (Å²) in [5.74, 6) is -0.456. The second-order valence-electron chi connectivity index (χ2n) is 5.14. The van der Waals surface area contributed by atoms with Gasteiger partial charge in [0.25, 0.3) is 5.91 Å². The SMILES string of the molecule is Cc1nc(-c2cccc(NC(=O)C(O)c3ccccc3)c2)cs1. The largest absolute Gasteiger partial charge is 0.378 e. The molecule has 0 radical (unpaired) electrons. The number of nitrogens with zero attached hydrogens (tertiary/aromatic N) is 1. The number of aromatic nitrogens is 1. The minimum Gasteiger partial charge on any atom is -0.378 e. The van der Waals surface area contributed by atoms with Gasteiger partial charge in [0.2, 0.25) is 0 Å². The van der Waals surface area contributed by atoms with E-state index in [0.29, 0.717) is 11.3 Å². The highest BCUT2D eigenvalue weighted by molar-refractivity contribution is 7.09. The zero-order chi connectivity index (χ0) is 16.2. The van der Waals surface area contributed by atoms with Crippen LogP contribution in [0.1, 0.15) is 16.7 Å². The summed E-state index contributed by atoms with van der Waals surface area (Å²) >= 11 is 1.58. The predicted octanol–water partition coefficient (Wildman–Crippen LogP) is 3.79. The summed E-state index contributed by atoms with van der Waals surface area (Å²) < 4.78 is 0. The van der Waals surface area contributed by atoms with Crippen molar-refractivity contribution in [1.29, 1.82) is 0 Å². The first kappa shape index (κ1) is 15.4. The van der Waals surface area contributed by atoms with Gasteiger partial charge in [-0.2, -0.15) is 0 Å². The predicted molar refractivity (Wildman–Crippen MR) is 92.3 cm³/mol. The van der Waals surface area contributed by atoms with E-state index in [0.717, 1.165) is 16.3 Å². The van der Waals surface area contributed by atoms with E-state index in [-0.39, 0.29) is 0 Å². The van der Waals surface area contributed by atoms with E-state index in [9.17, 15) is 9.90 Å². The Hall–Kier alpha value is -2.50. The third-order valence-electron chi connectivity index (χ3n) is 3.41. The van der Waals surface area contributed by atoms with E-state index in [2.05, 4.69) is 10.3 Å². The van der Waals surface area contributed by atoms with Crippen molar-refractivity contribution in [2.24, 2.45) is 0 Å². The number of aliphatic hydroxyl groups is 1. The van der Waals surface area contributed by atoms with Gasteiger partial charge in [0.15, 0.2) is 6.10 Å². The van der Waals surface area contributed by atoms with E-state index < -0.39 is 12.0 Å². The van der Waals surface area contributed by atoms with E-state index in [1.807, 2.05) is 36.6 Å². The summed E-state index contributed by atoms with van der Waals surface area (Å²) in [6.07, 6.45) is -1.19. The zero-order valence-corrected chi connectivity index (χ0v) is 13.4. The third kappa shape index (κ3) is 3.64. The Morgan fingerprint density at radius 2 is 1.96 bits per heavy atom. The minimum absolute atomic E-state index is 0.456. The number of nitrogens with one attached hydrogen (secondary N) is 1. The molecule has 116 valence electrons. The molecule has 1 heterocycles. The van der Waals surface area contributed by atoms with Crippen molar-refractivity contribution in [2.45, 2.75) is 13.0 Å². The smallest absolute Gasteiger partial charge is 0.257 e. The van der Waals surface area contributed by atoms with Crippen molar-refractivity contribution in [3.05, 3.63) is 70.5 Å². The Bertz CT molecular complexity index is 815. The Kier molecular flexibility index (Phi) is 4.50. The molecule has 2 aromatic carbocycles. The van der Waals surface area contributed by atoms with Crippen molar-refractivity contribution < 1.29 is 9.90 Å². The molecule has 0 spiro atoms. The highest BCUT2D eigenvalue weighted by Crippen LogP contribution is 2.24. The van der Waals surface area contributed by atoms with E-state index >= 15 is 0 Å². The van der Waals surface area contributed by atoms with Crippen LogP contribution in [0.5, 0.6) is 0 Å². The maximum atomic E-state index is 12.2. The van der Waals surface area contributed by atoms with Gasteiger partial charge in [-0.25, -0.2) is 4.98 Å². The fraction of sp³-hybridized carbons (Fsp3) is 0.111. The van der Waals surface area contributed by atoms with Gasteiger partial charge in [0, 0.05) is 16.6 Å². The molecule has 0 aliphatic heterocycles. The maximum Gasteiger partial charge on any atom is 0.257 e. The fourth-order valence-electron chi connectivity index (χ4n) is 2.25. The first-order valence-electron chi connectivity index (χ1n) is 7.20. The molecule has 0 bridgehead atoms. The summed E-state index contributed by atoms with van der Waals surface area (Å²) in [7, 11) is 0. The minimum atomic E-state index is -1.19. The monoisotopic (exact) mass is 324 g/mol. The number of aliphatic hydroxyl groups excluding tert-OH is 1. The average molecular weight is 324 g/mol. The van der Waals surface area contributed by atoms with Gasteiger partial charge >= 0.3 is 0 Å². The molecular formula is C18H16N2O2S. The van der Waals surface area contributed by atoms with Crippen LogP contribution in [0.4, 0.5) is 5.69 Å². The summed E-state index contributed by atoms with van der Waals surface area (Å²) in [5, 5.41) is 15.8. The first-order chi connectivity index (χ1) is 11.1. The number of benzene rings is 2. The van der Waals surface area contributed by atoms with Crippen LogP contribution in [0.25, 0.3) is 11.3 Å². The number of hydrogen-bond acceptors (Lipinski definition) is 4. The molecule has 4 nitrogen and oxygen atoms in total. The van der Waals surface area contributed by atoms with Crippen LogP contribution in [0.15, 0.2) is 60.0 Å². The highest BCUT2D eigenvalue weighted by atomic mass is 32.1. The summed E-state index contributed by atoms with van der Waals surface area (Å²) in [5.41, 5.74) is 3.01. The van der Waals surface area contributed by atoms with Gasteiger partial charge < -0.3 is 10.4 Å². The van der Waals surface area contributed by atoms with Gasteiger partial charge in [-0.05, 0) is 24.6 Å². The van der Waals surface area contributed by atoms with Crippen LogP contribution >= 0.6 is 11.3 Å². The van der Waals surface area contributed by atoms with Crippen molar-refractivity contribution in [1.82, 2.24) is 4.98 Å². The Morgan fingerprint density at radius 3 is 2.65 bits per heavy atom. The van der Waals surface area contributed by atoms with Crippen molar-refractivity contribution in [2.75, 3.05) is 5.32 Å². The van der Waals surface area contributed by atoms with Crippen LogP contribution in [-0.2, 0) is 4.79 Å². The third-order valence-corrected chi connectivity index (χ3v) is 4.18. The number of aryl methyl sites for hydroxylation is 1. The lowest BCUT2D eigenvalue weighted by atomic mass is 10.1. The van der Waals surface area contributed by atoms with Gasteiger partial charge in [-0.1, -0.05) is 42.5 Å². The van der Waals surface area contributed by atoms with E-state index in [1.54, 1.807) is 41.7 Å². The molecule has 3 rings (SSSR count). The number of anilines is 1. The van der Waals surface area contributed by atoms with Gasteiger partial charge in [0.1, 0.15) is 0 Å². The molecule has 1 amide bonds. The molecule has 0 aliphatic carbocycles. The average Bonchev–Trinajstić information content (AvgIpc) is 3.02. The molecule has 0 fully saturated rings. The van der Waals surface area contributed by atoms with Crippen LogP contribution in [0.3, 0.4) is 0 Å². The van der Waals surface area contributed by atoms with Crippen LogP contribution in [0, 0.1) is 6.92 Å². The lowest BCUT2D eigenvalue weighted by Gasteiger charge is -2.12. The van der Waals surface area contributed by atoms with E-state index in [1.165, 1.54) is 0 Å². The number of thiazole rings is 1. The fourth-order valence-corrected chi connectivity index (χ4v) is 2.87. The molecule has 0 saturated heterocycles. The number of carbonyl (C=O) groups excluding carboxylic acids is 1. The lowest BCUT2D eigenvalue weighted by Crippen LogP contribution is -2.20. The molecule has 0 saturated carbocycles. The molecule has 1 aromatic heterocycles. The molecule has 2 N–H and O–H groups in total. The quantitative estimate of drug-likeness (QED) is 0.767. The first-order valence-corrected chi connectivity index (χ1v) is 8.08. The summed E-state index contributed by atoms with van der Waals surface area (Å²) in [6, 6.07) is 16.3. The number of rotatable bonds is 4. The Morgan fingerprint density at radius 1 is 1.17 bits per heavy atom. The van der Waals surface area contributed by atoms with Crippen molar-refractivity contribution in [3.8, 4) is 11.3 Å². The molecule has 1 atom stereocenters. The maximum absolute atomic E-state index is 12.2. The number of carbonyl (C=O) groups is 1. The second kappa shape index (κ2) is 6.73. The standard InChI is InChI=1S/C18H16N2O2S/c1-12-19-16(11-23-12)14-8-5-9-15(10-14)20-18(22)17(21)13-6-3-2-4-7-13/h2-11,17,21H,1H3,(H,20,22). The molecule has 1 unspecified atom stereocenters. The molecular weight excluding hydrogens is 308 g/mol. The van der Waals surface area contributed by atoms with Gasteiger partial charge in [-0.3, -0.25) is 4.79 Å². The zero-order valence-electron chi connectivity index (χ0n) is 12.6. The Balaban J connectivity index is 1.76. The number of hydrogen-bond donors (Lipinski definition) is 2. The van der Waals surface area contributed by atoms with Crippen LogP contribution in [0.2, 0.25) is 0 Å². The topological polar surface area (TPSA) is 62.2 Å². The van der Waals surface area contributed by atoms with Crippen LogP contribution < -0.4 is 5.32 Å². The van der Waals surface area contributed by atoms with E-state index in [4.69, 9.17) is 0 Å². The lowest BCUT2D eigenvalue weighted by molar-refractivity contribution is -0.124. The summed E-state index contributed by atoms with van der Waals surface area (Å²) in [6.45, 7) is 1.95. The van der Waals surface area contributed by atoms with Crippen molar-refractivity contribution >= 4 is 22.9 Å². The molecule has 5 heteroatoms.